The molecule has 2 N–H and O–H groups in total. The van der Waals surface area contributed by atoms with E-state index < -0.39 is 0 Å². The molecule has 122 valence electrons. The number of rotatable bonds is 7. The predicted molar refractivity (Wildman–Crippen MR) is 89.3 cm³/mol. The summed E-state index contributed by atoms with van der Waals surface area (Å²) in [4.78, 5) is 23.3. The number of ketones is 1. The van der Waals surface area contributed by atoms with Crippen molar-refractivity contribution < 1.29 is 9.59 Å². The number of amides is 1. The summed E-state index contributed by atoms with van der Waals surface area (Å²) in [6.07, 6.45) is 0.675. The Hall–Kier alpha value is -2.15. The number of hydrogen-bond acceptors (Lipinski definition) is 5. The number of primary amides is 1. The fourth-order valence-corrected chi connectivity index (χ4v) is 2.98. The van der Waals surface area contributed by atoms with E-state index in [1.165, 1.54) is 11.8 Å². The van der Waals surface area contributed by atoms with Crippen molar-refractivity contribution in [3.63, 3.8) is 0 Å². The van der Waals surface area contributed by atoms with Crippen LogP contribution in [0.15, 0.2) is 29.4 Å². The largest absolute Gasteiger partial charge is 0.370 e. The lowest BCUT2D eigenvalue weighted by atomic mass is 10.1. The quantitative estimate of drug-likeness (QED) is 0.618. The van der Waals surface area contributed by atoms with Gasteiger partial charge in [-0.1, -0.05) is 41.6 Å². The number of carbonyl (C=O) groups excluding carboxylic acids is 2. The first-order valence-electron chi connectivity index (χ1n) is 7.32. The molecule has 1 amide bonds. The molecule has 2 rings (SSSR count). The Labute approximate surface area is 139 Å². The molecule has 0 unspecified atom stereocenters. The Morgan fingerprint density at radius 3 is 2.52 bits per heavy atom. The first-order valence-corrected chi connectivity index (χ1v) is 8.20. The van der Waals surface area contributed by atoms with Crippen LogP contribution in [0.3, 0.4) is 0 Å². The number of hydrogen-bond donors (Lipinski definition) is 1. The fourth-order valence-electron chi connectivity index (χ4n) is 2.06. The van der Waals surface area contributed by atoms with Crippen LogP contribution in [0.4, 0.5) is 0 Å². The van der Waals surface area contributed by atoms with Crippen LogP contribution in [-0.4, -0.2) is 31.7 Å². The number of carbonyl (C=O) groups is 2. The van der Waals surface area contributed by atoms with Crippen LogP contribution in [0.2, 0.25) is 0 Å². The SMILES string of the molecule is Cc1ccc(C(=O)[C@@H](C)Sc2nnc(CCC(N)=O)n2C)cc1. The lowest BCUT2D eigenvalue weighted by Crippen LogP contribution is -2.15. The van der Waals surface area contributed by atoms with Gasteiger partial charge in [0.05, 0.1) is 5.25 Å². The van der Waals surface area contributed by atoms with Crippen molar-refractivity contribution in [1.82, 2.24) is 14.8 Å². The van der Waals surface area contributed by atoms with Crippen molar-refractivity contribution in [2.24, 2.45) is 12.8 Å². The smallest absolute Gasteiger partial charge is 0.217 e. The van der Waals surface area contributed by atoms with Gasteiger partial charge in [-0.25, -0.2) is 0 Å². The molecule has 0 bridgehead atoms. The van der Waals surface area contributed by atoms with Gasteiger partial charge in [0.1, 0.15) is 5.82 Å². The summed E-state index contributed by atoms with van der Waals surface area (Å²) in [6.45, 7) is 3.84. The molecule has 23 heavy (non-hydrogen) atoms. The normalized spacial score (nSPS) is 12.1. The number of nitrogens with two attached hydrogens (primary N) is 1. The van der Waals surface area contributed by atoms with E-state index >= 15 is 0 Å². The Balaban J connectivity index is 2.05. The fraction of sp³-hybridized carbons (Fsp3) is 0.375. The van der Waals surface area contributed by atoms with Crippen LogP contribution in [-0.2, 0) is 18.3 Å². The Bertz CT molecular complexity index is 709. The molecular formula is C16H20N4O2S. The number of benzene rings is 1. The number of aromatic nitrogens is 3. The monoisotopic (exact) mass is 332 g/mol. The topological polar surface area (TPSA) is 90.9 Å². The minimum absolute atomic E-state index is 0.0525. The maximum atomic E-state index is 12.5. The number of Topliss-reactive ketones (excluding diaryl/α,β-unsaturated/α-hetero) is 1. The van der Waals surface area contributed by atoms with E-state index in [4.69, 9.17) is 5.73 Å². The van der Waals surface area contributed by atoms with Crippen LogP contribution >= 0.6 is 11.8 Å². The molecule has 0 saturated heterocycles. The van der Waals surface area contributed by atoms with Crippen LogP contribution in [0.5, 0.6) is 0 Å². The molecule has 2 aromatic rings. The summed E-state index contributed by atoms with van der Waals surface area (Å²) in [5.74, 6) is 0.364. The van der Waals surface area contributed by atoms with E-state index in [-0.39, 0.29) is 23.4 Å². The average Bonchev–Trinajstić information content (AvgIpc) is 2.85. The van der Waals surface area contributed by atoms with Gasteiger partial charge in [-0.05, 0) is 13.8 Å². The summed E-state index contributed by atoms with van der Waals surface area (Å²) in [7, 11) is 1.82. The third kappa shape index (κ3) is 4.41. The van der Waals surface area contributed by atoms with E-state index in [1.54, 1.807) is 4.57 Å². The number of thioether (sulfide) groups is 1. The van der Waals surface area contributed by atoms with E-state index in [1.807, 2.05) is 45.2 Å². The van der Waals surface area contributed by atoms with Crippen LogP contribution in [0.1, 0.15) is 35.1 Å². The standard InChI is InChI=1S/C16H20N4O2S/c1-10-4-6-12(7-5-10)15(22)11(2)23-16-19-18-14(20(16)3)9-8-13(17)21/h4-7,11H,8-9H2,1-3H3,(H2,17,21)/t11-/m1/s1. The average molecular weight is 332 g/mol. The minimum atomic E-state index is -0.370. The van der Waals surface area contributed by atoms with Gasteiger partial charge in [-0.2, -0.15) is 0 Å². The van der Waals surface area contributed by atoms with Crippen molar-refractivity contribution in [1.29, 1.82) is 0 Å². The van der Waals surface area contributed by atoms with Gasteiger partial charge in [0.15, 0.2) is 10.9 Å². The second-order valence-electron chi connectivity index (χ2n) is 5.41. The minimum Gasteiger partial charge on any atom is -0.370 e. The highest BCUT2D eigenvalue weighted by molar-refractivity contribution is 8.00. The zero-order valence-electron chi connectivity index (χ0n) is 13.4. The molecule has 6 nitrogen and oxygen atoms in total. The van der Waals surface area contributed by atoms with Gasteiger partial charge in [0.2, 0.25) is 5.91 Å². The third-order valence-electron chi connectivity index (χ3n) is 3.51. The maximum Gasteiger partial charge on any atom is 0.217 e. The van der Waals surface area contributed by atoms with E-state index in [2.05, 4.69) is 10.2 Å². The summed E-state index contributed by atoms with van der Waals surface area (Å²) < 4.78 is 1.80. The van der Waals surface area contributed by atoms with Crippen molar-refractivity contribution in [2.75, 3.05) is 0 Å². The molecule has 0 aliphatic rings. The molecule has 1 aromatic carbocycles. The van der Waals surface area contributed by atoms with Gasteiger partial charge in [0.25, 0.3) is 0 Å². The van der Waals surface area contributed by atoms with Crippen LogP contribution in [0, 0.1) is 6.92 Å². The highest BCUT2D eigenvalue weighted by Crippen LogP contribution is 2.24. The van der Waals surface area contributed by atoms with Crippen LogP contribution < -0.4 is 5.73 Å². The molecular weight excluding hydrogens is 312 g/mol. The van der Waals surface area contributed by atoms with Crippen molar-refractivity contribution >= 4 is 23.5 Å². The molecule has 1 heterocycles. The molecule has 1 aromatic heterocycles. The Morgan fingerprint density at radius 1 is 1.26 bits per heavy atom. The van der Waals surface area contributed by atoms with Gasteiger partial charge in [0, 0.05) is 25.5 Å². The third-order valence-corrected chi connectivity index (χ3v) is 4.64. The first-order chi connectivity index (χ1) is 10.9. The highest BCUT2D eigenvalue weighted by atomic mass is 32.2. The summed E-state index contributed by atoms with van der Waals surface area (Å²) in [5, 5.41) is 8.53. The molecule has 0 radical (unpaired) electrons. The number of aryl methyl sites for hydroxylation is 2. The molecule has 0 spiro atoms. The molecule has 0 aliphatic carbocycles. The van der Waals surface area contributed by atoms with E-state index in [0.29, 0.717) is 23.0 Å². The Morgan fingerprint density at radius 2 is 1.91 bits per heavy atom. The molecule has 7 heteroatoms. The first kappa shape index (κ1) is 17.2. The lowest BCUT2D eigenvalue weighted by molar-refractivity contribution is -0.118. The van der Waals surface area contributed by atoms with E-state index in [0.717, 1.165) is 5.56 Å². The van der Waals surface area contributed by atoms with Crippen molar-refractivity contribution in [2.45, 2.75) is 37.1 Å². The van der Waals surface area contributed by atoms with Crippen molar-refractivity contribution in [3.05, 3.63) is 41.2 Å². The van der Waals surface area contributed by atoms with Gasteiger partial charge >= 0.3 is 0 Å². The van der Waals surface area contributed by atoms with Gasteiger partial charge < -0.3 is 10.3 Å². The van der Waals surface area contributed by atoms with Crippen molar-refractivity contribution in [3.8, 4) is 0 Å². The summed E-state index contributed by atoms with van der Waals surface area (Å²) >= 11 is 1.36. The Kier molecular flexibility index (Phi) is 5.54. The second kappa shape index (κ2) is 7.41. The molecule has 0 aliphatic heterocycles. The van der Waals surface area contributed by atoms with Crippen LogP contribution in [0.25, 0.3) is 0 Å². The molecule has 0 saturated carbocycles. The summed E-state index contributed by atoms with van der Waals surface area (Å²) in [6, 6.07) is 7.52. The second-order valence-corrected chi connectivity index (χ2v) is 6.72. The molecule has 1 atom stereocenters. The molecule has 0 fully saturated rings. The maximum absolute atomic E-state index is 12.5. The zero-order chi connectivity index (χ0) is 17.0. The lowest BCUT2D eigenvalue weighted by Gasteiger charge is -2.10. The zero-order valence-corrected chi connectivity index (χ0v) is 14.3. The number of nitrogens with zero attached hydrogens (tertiary/aromatic N) is 3. The van der Waals surface area contributed by atoms with Gasteiger partial charge in [-0.3, -0.25) is 9.59 Å². The van der Waals surface area contributed by atoms with E-state index in [9.17, 15) is 9.59 Å². The highest BCUT2D eigenvalue weighted by Gasteiger charge is 2.20. The summed E-state index contributed by atoms with van der Waals surface area (Å²) in [5.41, 5.74) is 6.95. The van der Waals surface area contributed by atoms with Gasteiger partial charge in [-0.15, -0.1) is 10.2 Å². The predicted octanol–water partition coefficient (Wildman–Crippen LogP) is 1.90.